The molecule has 0 unspecified atom stereocenters. The average molecular weight is 849 g/mol. The summed E-state index contributed by atoms with van der Waals surface area (Å²) in [7, 11) is 0. The number of furan rings is 1. The van der Waals surface area contributed by atoms with Crippen LogP contribution in [0.4, 0.5) is 0 Å². The molecular weight excluding hydrogens is 789 g/mol. The van der Waals surface area contributed by atoms with Crippen LogP contribution in [-0.2, 0) is 0 Å². The first-order valence-electron chi connectivity index (χ1n) is 24.2. The van der Waals surface area contributed by atoms with Crippen molar-refractivity contribution in [3.8, 4) is 0 Å². The molecule has 0 radical (unpaired) electrons. The molecule has 9 nitrogen and oxygen atoms in total. The number of rotatable bonds is 22. The number of fused-ring (bicyclic) bond motifs is 4. The fourth-order valence-electron chi connectivity index (χ4n) is 11.5. The Hall–Kier alpha value is -5.44. The Balaban J connectivity index is 1.37. The maximum absolute atomic E-state index is 15.0. The van der Waals surface area contributed by atoms with E-state index in [1.165, 1.54) is 9.13 Å². The van der Waals surface area contributed by atoms with Gasteiger partial charge in [-0.2, -0.15) is 0 Å². The molecule has 3 heterocycles. The molecule has 0 spiro atoms. The van der Waals surface area contributed by atoms with Gasteiger partial charge < -0.3 is 4.42 Å². The highest BCUT2D eigenvalue weighted by atomic mass is 16.4. The monoisotopic (exact) mass is 848 g/mol. The van der Waals surface area contributed by atoms with Crippen LogP contribution in [-0.4, -0.2) is 9.13 Å². The van der Waals surface area contributed by atoms with Crippen molar-refractivity contribution in [1.29, 1.82) is 0 Å². The van der Waals surface area contributed by atoms with Crippen LogP contribution in [0, 0.1) is 0 Å². The van der Waals surface area contributed by atoms with Gasteiger partial charge in [-0.3, -0.25) is 28.3 Å². The first kappa shape index (κ1) is 42.8. The molecule has 63 heavy (non-hydrogen) atoms. The number of nitrogens with zero attached hydrogens (tertiary/aromatic N) is 2. The third-order valence-corrected chi connectivity index (χ3v) is 14.6. The SMILES string of the molecule is CCCCCCC(CCCCCC)n1c(=O)c2ccc3c4ccc5c(=O)n(C(CCCCCC)CCCCCC)c(=O)c6cc7c8c(=O)oc(=O)c8c8cc(c1=O)c2c3c8c7c4c56. The lowest BCUT2D eigenvalue weighted by molar-refractivity contribution is 0.384. The molecule has 0 atom stereocenters. The Bertz CT molecular complexity index is 3200. The minimum Gasteiger partial charge on any atom is -0.386 e. The van der Waals surface area contributed by atoms with Crippen LogP contribution in [0.2, 0.25) is 0 Å². The van der Waals surface area contributed by atoms with E-state index in [0.717, 1.165) is 139 Å². The van der Waals surface area contributed by atoms with E-state index in [1.54, 1.807) is 12.1 Å². The van der Waals surface area contributed by atoms with Gasteiger partial charge >= 0.3 is 11.3 Å². The van der Waals surface area contributed by atoms with Gasteiger partial charge in [-0.05, 0) is 93.0 Å². The van der Waals surface area contributed by atoms with Gasteiger partial charge in [0.05, 0.1) is 10.8 Å². The molecule has 0 aliphatic heterocycles. The van der Waals surface area contributed by atoms with Crippen molar-refractivity contribution in [1.82, 2.24) is 9.13 Å². The van der Waals surface area contributed by atoms with Crippen LogP contribution in [0.5, 0.6) is 0 Å². The highest BCUT2D eigenvalue weighted by molar-refractivity contribution is 6.48. The van der Waals surface area contributed by atoms with Gasteiger partial charge in [0.25, 0.3) is 22.2 Å². The van der Waals surface area contributed by atoms with E-state index in [1.807, 2.05) is 24.3 Å². The lowest BCUT2D eigenvalue weighted by Crippen LogP contribution is -2.37. The molecule has 9 heteroatoms. The number of benzene rings is 6. The summed E-state index contributed by atoms with van der Waals surface area (Å²) in [5.74, 6) is 0. The van der Waals surface area contributed by atoms with Gasteiger partial charge in [-0.25, -0.2) is 9.59 Å². The fraction of sp³-hybridized carbons (Fsp3) is 0.481. The second-order valence-electron chi connectivity index (χ2n) is 18.6. The second-order valence-corrected chi connectivity index (χ2v) is 18.6. The summed E-state index contributed by atoms with van der Waals surface area (Å²) in [5, 5.41) is 7.58. The Kier molecular flexibility index (Phi) is 12.0. The van der Waals surface area contributed by atoms with Gasteiger partial charge in [0.1, 0.15) is 0 Å². The maximum atomic E-state index is 15.0. The molecule has 0 aliphatic carbocycles. The van der Waals surface area contributed by atoms with Crippen molar-refractivity contribution in [2.24, 2.45) is 0 Å². The van der Waals surface area contributed by atoms with E-state index in [2.05, 4.69) is 27.7 Å². The summed E-state index contributed by atoms with van der Waals surface area (Å²) in [4.78, 5) is 87.6. The Morgan fingerprint density at radius 1 is 0.349 bits per heavy atom. The van der Waals surface area contributed by atoms with Gasteiger partial charge in [0.15, 0.2) is 0 Å². The molecule has 0 saturated carbocycles. The van der Waals surface area contributed by atoms with E-state index in [4.69, 9.17) is 4.42 Å². The van der Waals surface area contributed by atoms with Crippen molar-refractivity contribution in [3.63, 3.8) is 0 Å². The highest BCUT2D eigenvalue weighted by Gasteiger charge is 2.31. The van der Waals surface area contributed by atoms with Crippen LogP contribution >= 0.6 is 0 Å². The topological polar surface area (TPSA) is 125 Å². The molecule has 0 amide bonds. The van der Waals surface area contributed by atoms with Crippen molar-refractivity contribution in [2.45, 2.75) is 168 Å². The van der Waals surface area contributed by atoms with Crippen LogP contribution in [0.25, 0.3) is 86.2 Å². The smallest absolute Gasteiger partial charge is 0.347 e. The number of hydrogen-bond acceptors (Lipinski definition) is 7. The molecule has 9 aromatic rings. The molecule has 0 bridgehead atoms. The minimum atomic E-state index is -0.808. The zero-order valence-electron chi connectivity index (χ0n) is 37.5. The maximum Gasteiger partial charge on any atom is 0.347 e. The molecule has 0 saturated heterocycles. The van der Waals surface area contributed by atoms with Crippen LogP contribution in [0.1, 0.15) is 168 Å². The highest BCUT2D eigenvalue weighted by Crippen LogP contribution is 2.50. The first-order valence-corrected chi connectivity index (χ1v) is 24.2. The molecular formula is C54H60N2O7. The zero-order chi connectivity index (χ0) is 44.1. The summed E-state index contributed by atoms with van der Waals surface area (Å²) in [6, 6.07) is 10.3. The summed E-state index contributed by atoms with van der Waals surface area (Å²) < 4.78 is 8.36. The van der Waals surface area contributed by atoms with Crippen molar-refractivity contribution < 1.29 is 4.42 Å². The van der Waals surface area contributed by atoms with Gasteiger partial charge in [-0.1, -0.05) is 143 Å². The Labute approximate surface area is 365 Å². The van der Waals surface area contributed by atoms with E-state index >= 15 is 9.59 Å². The number of aromatic nitrogens is 2. The standard InChI is InChI=1S/C54H60N2O7/c1-5-9-13-17-21-31(22-18-14-10-6-2)55-49(57)35-27-25-33-34-26-28-36-42-40(52(60)56(50(36)58)32(23-19-15-11-7-3)24-20-16-12-8-4)30-38-46(44(34)42)45-37(47-48(38)54(62)63-53(47)61)29-39(51(55)59)41(35)43(33)45/h25-32H,5-24H2,1-4H3. The van der Waals surface area contributed by atoms with Crippen molar-refractivity contribution >= 4 is 86.2 Å². The van der Waals surface area contributed by atoms with E-state index in [0.29, 0.717) is 64.6 Å². The van der Waals surface area contributed by atoms with Crippen LogP contribution in [0.3, 0.4) is 0 Å². The second kappa shape index (κ2) is 17.6. The predicted octanol–water partition coefficient (Wildman–Crippen LogP) is 12.4. The summed E-state index contributed by atoms with van der Waals surface area (Å²) >= 11 is 0. The lowest BCUT2D eigenvalue weighted by Gasteiger charge is -2.24. The molecule has 9 rings (SSSR count). The minimum absolute atomic E-state index is 0.0657. The summed E-state index contributed by atoms with van der Waals surface area (Å²) in [6.07, 6.45) is 19.3. The third kappa shape index (κ3) is 6.87. The molecule has 328 valence electrons. The van der Waals surface area contributed by atoms with Gasteiger partial charge in [0.2, 0.25) is 0 Å². The van der Waals surface area contributed by atoms with E-state index in [9.17, 15) is 19.2 Å². The third-order valence-electron chi connectivity index (χ3n) is 14.6. The largest absolute Gasteiger partial charge is 0.386 e. The van der Waals surface area contributed by atoms with E-state index < -0.39 is 11.3 Å². The van der Waals surface area contributed by atoms with E-state index in [-0.39, 0.29) is 45.1 Å². The molecule has 0 fully saturated rings. The van der Waals surface area contributed by atoms with Crippen LogP contribution < -0.4 is 33.5 Å². The number of unbranched alkanes of at least 4 members (excludes halogenated alkanes) is 12. The molecule has 3 aromatic heterocycles. The number of hydrogen-bond donors (Lipinski definition) is 0. The number of pyridine rings is 2. The van der Waals surface area contributed by atoms with Crippen molar-refractivity contribution in [3.05, 3.63) is 98.7 Å². The Morgan fingerprint density at radius 2 is 0.651 bits per heavy atom. The van der Waals surface area contributed by atoms with Gasteiger partial charge in [-0.15, -0.1) is 0 Å². The van der Waals surface area contributed by atoms with Crippen LogP contribution in [0.15, 0.2) is 69.6 Å². The molecule has 6 aromatic carbocycles. The zero-order valence-corrected chi connectivity index (χ0v) is 37.5. The quantitative estimate of drug-likeness (QED) is 0.0377. The molecule has 0 aliphatic rings. The summed E-state index contributed by atoms with van der Waals surface area (Å²) in [5.41, 5.74) is -3.02. The summed E-state index contributed by atoms with van der Waals surface area (Å²) in [6.45, 7) is 8.66. The normalized spacial score (nSPS) is 12.8. The first-order chi connectivity index (χ1) is 30.7. The average Bonchev–Trinajstić information content (AvgIpc) is 3.59. The lowest BCUT2D eigenvalue weighted by atomic mass is 9.81. The Morgan fingerprint density at radius 3 is 0.984 bits per heavy atom. The van der Waals surface area contributed by atoms with Gasteiger partial charge in [0, 0.05) is 44.4 Å². The predicted molar refractivity (Wildman–Crippen MR) is 261 cm³/mol. The fourth-order valence-corrected chi connectivity index (χ4v) is 11.5. The molecule has 0 N–H and O–H groups in total. The van der Waals surface area contributed by atoms with Crippen molar-refractivity contribution in [2.75, 3.05) is 0 Å².